The number of benzene rings is 2. The lowest BCUT2D eigenvalue weighted by molar-refractivity contribution is -0.138. The molecule has 3 nitrogen and oxygen atoms in total. The summed E-state index contributed by atoms with van der Waals surface area (Å²) in [5.74, 6) is 1.40. The van der Waals surface area contributed by atoms with Gasteiger partial charge in [-0.25, -0.2) is 0 Å². The predicted octanol–water partition coefficient (Wildman–Crippen LogP) is 6.54. The van der Waals surface area contributed by atoms with E-state index >= 15 is 0 Å². The van der Waals surface area contributed by atoms with Crippen LogP contribution in [0, 0.1) is 11.8 Å². The Morgan fingerprint density at radius 3 is 2.22 bits per heavy atom. The van der Waals surface area contributed by atoms with Crippen LogP contribution in [0.3, 0.4) is 0 Å². The molecule has 0 heterocycles. The molecule has 3 N–H and O–H groups in total. The summed E-state index contributed by atoms with van der Waals surface area (Å²) >= 11 is 0. The van der Waals surface area contributed by atoms with Gasteiger partial charge in [-0.2, -0.15) is 13.2 Å². The topological polar surface area (TPSA) is 55.5 Å². The zero-order valence-corrected chi connectivity index (χ0v) is 18.8. The van der Waals surface area contributed by atoms with Crippen LogP contribution in [-0.2, 0) is 11.7 Å². The lowest BCUT2D eigenvalue weighted by Crippen LogP contribution is -2.36. The van der Waals surface area contributed by atoms with Crippen molar-refractivity contribution in [3.63, 3.8) is 0 Å². The summed E-state index contributed by atoms with van der Waals surface area (Å²) in [6, 6.07) is 7.73. The van der Waals surface area contributed by atoms with Crippen molar-refractivity contribution in [1.82, 2.24) is 0 Å². The summed E-state index contributed by atoms with van der Waals surface area (Å²) < 4.78 is 48.3. The van der Waals surface area contributed by atoms with E-state index < -0.39 is 17.3 Å². The van der Waals surface area contributed by atoms with Crippen LogP contribution in [0.25, 0.3) is 10.8 Å². The van der Waals surface area contributed by atoms with Gasteiger partial charge in [0, 0.05) is 0 Å². The van der Waals surface area contributed by atoms with Crippen molar-refractivity contribution >= 4 is 10.8 Å². The number of alkyl halides is 3. The van der Waals surface area contributed by atoms with Crippen LogP contribution in [-0.4, -0.2) is 17.8 Å². The van der Waals surface area contributed by atoms with E-state index in [4.69, 9.17) is 10.5 Å². The molecule has 6 heteroatoms. The minimum absolute atomic E-state index is 0.0865. The zero-order valence-electron chi connectivity index (χ0n) is 18.8. The molecule has 32 heavy (non-hydrogen) atoms. The third-order valence-electron chi connectivity index (χ3n) is 7.58. The monoisotopic (exact) mass is 449 g/mol. The summed E-state index contributed by atoms with van der Waals surface area (Å²) in [4.78, 5) is 0. The van der Waals surface area contributed by atoms with Crippen molar-refractivity contribution < 1.29 is 23.0 Å². The van der Waals surface area contributed by atoms with Crippen LogP contribution in [0.4, 0.5) is 13.2 Å². The molecule has 0 saturated heterocycles. The van der Waals surface area contributed by atoms with E-state index in [1.807, 2.05) is 0 Å². The molecule has 2 aliphatic rings. The van der Waals surface area contributed by atoms with Gasteiger partial charge >= 0.3 is 6.18 Å². The van der Waals surface area contributed by atoms with Gasteiger partial charge in [0.15, 0.2) is 0 Å². The molecule has 0 amide bonds. The van der Waals surface area contributed by atoms with Crippen molar-refractivity contribution in [3.8, 4) is 5.75 Å². The molecule has 2 fully saturated rings. The Labute approximate surface area is 188 Å². The van der Waals surface area contributed by atoms with Gasteiger partial charge in [-0.05, 0) is 72.9 Å². The molecule has 2 aromatic carbocycles. The second kappa shape index (κ2) is 9.22. The molecular weight excluding hydrogens is 415 g/mol. The summed E-state index contributed by atoms with van der Waals surface area (Å²) in [5.41, 5.74) is 4.93. The maximum Gasteiger partial charge on any atom is 0.420 e. The third-order valence-corrected chi connectivity index (χ3v) is 7.58. The highest BCUT2D eigenvalue weighted by Crippen LogP contribution is 2.44. The Morgan fingerprint density at radius 1 is 0.938 bits per heavy atom. The molecule has 0 bridgehead atoms. The number of aliphatic hydroxyl groups is 1. The predicted molar refractivity (Wildman–Crippen MR) is 121 cm³/mol. The van der Waals surface area contributed by atoms with Crippen LogP contribution < -0.4 is 10.5 Å². The molecule has 1 atom stereocenters. The quantitative estimate of drug-likeness (QED) is 0.545. The molecule has 1 unspecified atom stereocenters. The van der Waals surface area contributed by atoms with Crippen LogP contribution in [0.5, 0.6) is 5.75 Å². The Morgan fingerprint density at radius 2 is 1.59 bits per heavy atom. The highest BCUT2D eigenvalue weighted by atomic mass is 19.4. The average Bonchev–Trinajstić information content (AvgIpc) is 2.79. The molecule has 0 radical (unpaired) electrons. The van der Waals surface area contributed by atoms with Crippen LogP contribution >= 0.6 is 0 Å². The van der Waals surface area contributed by atoms with E-state index in [1.165, 1.54) is 44.2 Å². The number of halogens is 3. The maximum atomic E-state index is 14.1. The Kier molecular flexibility index (Phi) is 6.73. The molecule has 2 aliphatic carbocycles. The van der Waals surface area contributed by atoms with E-state index in [1.54, 1.807) is 25.1 Å². The van der Waals surface area contributed by atoms with E-state index in [2.05, 4.69) is 0 Å². The minimum atomic E-state index is -4.53. The fourth-order valence-corrected chi connectivity index (χ4v) is 5.61. The Balaban J connectivity index is 1.55. The Hall–Kier alpha value is -1.79. The number of rotatable bonds is 5. The number of nitrogens with two attached hydrogens (primary N) is 1. The lowest BCUT2D eigenvalue weighted by Gasteiger charge is -2.36. The number of fused-ring (bicyclic) bond motifs is 1. The van der Waals surface area contributed by atoms with Crippen molar-refractivity contribution in [1.29, 1.82) is 0 Å². The highest BCUT2D eigenvalue weighted by Gasteiger charge is 2.38. The smallest absolute Gasteiger partial charge is 0.420 e. The van der Waals surface area contributed by atoms with E-state index in [-0.39, 0.29) is 23.8 Å². The third kappa shape index (κ3) is 4.91. The summed E-state index contributed by atoms with van der Waals surface area (Å²) in [5, 5.41) is 10.0. The number of hydrogen-bond donors (Lipinski definition) is 2. The fraction of sp³-hybridized carbons (Fsp3) is 0.615. The molecular formula is C26H34F3NO2. The number of aliphatic hydroxyl groups excluding tert-OH is 1. The van der Waals surface area contributed by atoms with Gasteiger partial charge in [0.25, 0.3) is 0 Å². The van der Waals surface area contributed by atoms with Gasteiger partial charge in [-0.3, -0.25) is 0 Å². The average molecular weight is 450 g/mol. The first-order chi connectivity index (χ1) is 15.2. The minimum Gasteiger partial charge on any atom is -0.490 e. The highest BCUT2D eigenvalue weighted by molar-refractivity contribution is 5.89. The molecule has 4 rings (SSSR count). The van der Waals surface area contributed by atoms with Crippen molar-refractivity contribution in [2.75, 3.05) is 6.61 Å². The summed E-state index contributed by atoms with van der Waals surface area (Å²) in [6.45, 7) is 1.36. The van der Waals surface area contributed by atoms with Crippen LogP contribution in [0.2, 0.25) is 0 Å². The number of hydrogen-bond acceptors (Lipinski definition) is 3. The molecule has 176 valence electrons. The summed E-state index contributed by atoms with van der Waals surface area (Å²) in [7, 11) is 0. The number of ether oxygens (including phenoxy) is 1. The van der Waals surface area contributed by atoms with E-state index in [0.29, 0.717) is 16.9 Å². The SMILES string of the molecule is CC(N)(CO)c1ccc2c(C(F)(F)F)c(OC3CCC(C4CCCCC4)CC3)ccc2c1. The zero-order chi connectivity index (χ0) is 22.9. The molecule has 0 aliphatic heterocycles. The van der Waals surface area contributed by atoms with Gasteiger partial charge in [0.2, 0.25) is 0 Å². The van der Waals surface area contributed by atoms with Gasteiger partial charge < -0.3 is 15.6 Å². The fourth-order valence-electron chi connectivity index (χ4n) is 5.61. The van der Waals surface area contributed by atoms with Crippen LogP contribution in [0.15, 0.2) is 30.3 Å². The summed E-state index contributed by atoms with van der Waals surface area (Å²) in [6.07, 6.45) is 5.60. The molecule has 0 aromatic heterocycles. The van der Waals surface area contributed by atoms with E-state index in [9.17, 15) is 18.3 Å². The standard InChI is InChI=1S/C26H34F3NO2/c1-25(30,16-31)20-10-13-22-19(15-20)9-14-23(24(22)26(27,28)29)32-21-11-7-18(8-12-21)17-5-3-2-4-6-17/h9-10,13-15,17-18,21,31H,2-8,11-12,16,30H2,1H3. The first kappa shape index (κ1) is 23.4. The van der Waals surface area contributed by atoms with Gasteiger partial charge in [0.1, 0.15) is 11.3 Å². The van der Waals surface area contributed by atoms with Crippen molar-refractivity contribution in [3.05, 3.63) is 41.5 Å². The molecule has 2 aromatic rings. The van der Waals surface area contributed by atoms with Crippen molar-refractivity contribution in [2.45, 2.75) is 82.5 Å². The normalized spacial score (nSPS) is 24.9. The first-order valence-electron chi connectivity index (χ1n) is 11.9. The Bertz CT molecular complexity index is 927. The molecule has 0 spiro atoms. The second-order valence-corrected chi connectivity index (χ2v) is 10.0. The lowest BCUT2D eigenvalue weighted by atomic mass is 9.73. The van der Waals surface area contributed by atoms with Gasteiger partial charge in [-0.15, -0.1) is 0 Å². The van der Waals surface area contributed by atoms with Crippen LogP contribution in [0.1, 0.15) is 75.8 Å². The van der Waals surface area contributed by atoms with Gasteiger partial charge in [-0.1, -0.05) is 50.3 Å². The molecule has 2 saturated carbocycles. The largest absolute Gasteiger partial charge is 0.490 e. The van der Waals surface area contributed by atoms with Crippen molar-refractivity contribution in [2.24, 2.45) is 17.6 Å². The second-order valence-electron chi connectivity index (χ2n) is 10.0. The van der Waals surface area contributed by atoms with Gasteiger partial charge in [0.05, 0.1) is 18.2 Å². The van der Waals surface area contributed by atoms with E-state index in [0.717, 1.165) is 31.6 Å². The first-order valence-corrected chi connectivity index (χ1v) is 11.9. The maximum absolute atomic E-state index is 14.1.